The van der Waals surface area contributed by atoms with E-state index < -0.39 is 22.5 Å². The smallest absolute Gasteiger partial charge is 0.339 e. The van der Waals surface area contributed by atoms with Crippen molar-refractivity contribution in [3.8, 4) is 0 Å². The molecule has 1 spiro atoms. The Morgan fingerprint density at radius 1 is 1.11 bits per heavy atom. The molecule has 35 heavy (non-hydrogen) atoms. The molecule has 2 saturated heterocycles. The summed E-state index contributed by atoms with van der Waals surface area (Å²) in [6.45, 7) is 13.5. The van der Waals surface area contributed by atoms with E-state index in [1.165, 1.54) is 6.92 Å². The highest BCUT2D eigenvalue weighted by atomic mass is 16.7. The zero-order chi connectivity index (χ0) is 25.2. The number of epoxide rings is 1. The molecule has 0 aromatic heterocycles. The zero-order valence-electron chi connectivity index (χ0n) is 22.0. The fraction of sp³-hybridized carbons (Fsp3) is 0.857. The fourth-order valence-corrected chi connectivity index (χ4v) is 10.2. The summed E-state index contributed by atoms with van der Waals surface area (Å²) >= 11 is 0. The number of cyclic esters (lactones) is 1. The Morgan fingerprint density at radius 3 is 2.51 bits per heavy atom. The SMILES string of the molecule is CC(=O)O[C@@H]1CC2C(C)(C)[C@H](O)CC[C@]2(C)C2CC[C@@]3(C)[C@H](C4=CNCC4)OC(=O)C4OC43[C@@]21C. The van der Waals surface area contributed by atoms with E-state index in [4.69, 9.17) is 14.2 Å². The predicted molar refractivity (Wildman–Crippen MR) is 128 cm³/mol. The van der Waals surface area contributed by atoms with Crippen molar-refractivity contribution in [2.45, 2.75) is 110 Å². The average Bonchev–Trinajstić information content (AvgIpc) is 3.35. The highest BCUT2D eigenvalue weighted by molar-refractivity contribution is 5.83. The summed E-state index contributed by atoms with van der Waals surface area (Å²) in [5.74, 6) is -0.181. The number of hydrogen-bond acceptors (Lipinski definition) is 7. The number of esters is 2. The van der Waals surface area contributed by atoms with Crippen LogP contribution in [0.1, 0.15) is 80.1 Å². The number of carbonyl (C=O) groups is 2. The summed E-state index contributed by atoms with van der Waals surface area (Å²) in [5.41, 5.74) is -0.887. The van der Waals surface area contributed by atoms with Crippen LogP contribution in [0.25, 0.3) is 0 Å². The second kappa shape index (κ2) is 7.03. The van der Waals surface area contributed by atoms with E-state index in [9.17, 15) is 14.7 Å². The van der Waals surface area contributed by atoms with Gasteiger partial charge in [-0.25, -0.2) is 4.79 Å². The quantitative estimate of drug-likeness (QED) is 0.455. The monoisotopic (exact) mass is 487 g/mol. The van der Waals surface area contributed by atoms with Crippen LogP contribution in [0.15, 0.2) is 11.8 Å². The van der Waals surface area contributed by atoms with Crippen LogP contribution >= 0.6 is 0 Å². The lowest BCUT2D eigenvalue weighted by atomic mass is 9.34. The van der Waals surface area contributed by atoms with E-state index in [0.29, 0.717) is 6.42 Å². The van der Waals surface area contributed by atoms with Crippen molar-refractivity contribution in [3.05, 3.63) is 11.8 Å². The van der Waals surface area contributed by atoms with Gasteiger partial charge in [0, 0.05) is 24.3 Å². The van der Waals surface area contributed by atoms with Gasteiger partial charge in [-0.2, -0.15) is 0 Å². The van der Waals surface area contributed by atoms with Crippen molar-refractivity contribution in [2.24, 2.45) is 33.5 Å². The molecule has 0 aromatic carbocycles. The molecule has 5 fully saturated rings. The number of carbonyl (C=O) groups excluding carboxylic acids is 2. The molecule has 3 aliphatic heterocycles. The lowest BCUT2D eigenvalue weighted by molar-refractivity contribution is -0.272. The van der Waals surface area contributed by atoms with Gasteiger partial charge < -0.3 is 24.6 Å². The van der Waals surface area contributed by atoms with E-state index in [-0.39, 0.29) is 52.9 Å². The van der Waals surface area contributed by atoms with Gasteiger partial charge in [0.1, 0.15) is 17.8 Å². The highest BCUT2D eigenvalue weighted by Gasteiger charge is 2.88. The summed E-state index contributed by atoms with van der Waals surface area (Å²) in [5, 5.41) is 14.3. The molecule has 194 valence electrons. The number of aliphatic hydroxyl groups excluding tert-OH is 1. The van der Waals surface area contributed by atoms with Gasteiger partial charge in [0.2, 0.25) is 0 Å². The Bertz CT molecular complexity index is 1010. The summed E-state index contributed by atoms with van der Waals surface area (Å²) < 4.78 is 18.9. The maximum atomic E-state index is 13.3. The van der Waals surface area contributed by atoms with Crippen LogP contribution in [0.5, 0.6) is 0 Å². The van der Waals surface area contributed by atoms with Crippen LogP contribution < -0.4 is 5.32 Å². The zero-order valence-corrected chi connectivity index (χ0v) is 22.0. The molecule has 7 nitrogen and oxygen atoms in total. The third kappa shape index (κ3) is 2.64. The number of aliphatic hydroxyl groups is 1. The van der Waals surface area contributed by atoms with Gasteiger partial charge in [0.05, 0.1) is 6.10 Å². The maximum absolute atomic E-state index is 13.3. The maximum Gasteiger partial charge on any atom is 0.339 e. The highest BCUT2D eigenvalue weighted by Crippen LogP contribution is 2.79. The van der Waals surface area contributed by atoms with Gasteiger partial charge in [0.15, 0.2) is 6.10 Å². The Kier molecular flexibility index (Phi) is 4.78. The summed E-state index contributed by atoms with van der Waals surface area (Å²) in [4.78, 5) is 25.8. The van der Waals surface area contributed by atoms with Crippen molar-refractivity contribution in [3.63, 3.8) is 0 Å². The second-order valence-electron chi connectivity index (χ2n) is 13.5. The van der Waals surface area contributed by atoms with Gasteiger partial charge in [-0.3, -0.25) is 4.79 Å². The lowest BCUT2D eigenvalue weighted by Gasteiger charge is -2.70. The molecule has 0 radical (unpaired) electrons. The number of nitrogens with one attached hydrogen (secondary N) is 1. The summed E-state index contributed by atoms with van der Waals surface area (Å²) in [6.07, 6.45) is 5.35. The molecule has 3 aliphatic carbocycles. The van der Waals surface area contributed by atoms with Crippen LogP contribution in [0.2, 0.25) is 0 Å². The summed E-state index contributed by atoms with van der Waals surface area (Å²) in [6, 6.07) is 0. The number of fused-ring (bicyclic) bond motifs is 3. The van der Waals surface area contributed by atoms with Crippen molar-refractivity contribution < 1.29 is 28.9 Å². The molecule has 3 heterocycles. The minimum absolute atomic E-state index is 0.0499. The third-order valence-electron chi connectivity index (χ3n) is 11.9. The minimum atomic E-state index is -0.735. The normalized spacial score (nSPS) is 53.6. The van der Waals surface area contributed by atoms with E-state index in [0.717, 1.165) is 44.2 Å². The first kappa shape index (κ1) is 23.8. The van der Waals surface area contributed by atoms with Crippen molar-refractivity contribution in [1.82, 2.24) is 5.32 Å². The van der Waals surface area contributed by atoms with E-state index >= 15 is 0 Å². The van der Waals surface area contributed by atoms with Gasteiger partial charge in [-0.1, -0.05) is 34.6 Å². The van der Waals surface area contributed by atoms with Crippen LogP contribution in [0.4, 0.5) is 0 Å². The molecule has 4 unspecified atom stereocenters. The largest absolute Gasteiger partial charge is 0.462 e. The van der Waals surface area contributed by atoms with E-state index in [1.54, 1.807) is 0 Å². The molecule has 6 aliphatic rings. The predicted octanol–water partition coefficient (Wildman–Crippen LogP) is 3.49. The summed E-state index contributed by atoms with van der Waals surface area (Å²) in [7, 11) is 0. The minimum Gasteiger partial charge on any atom is -0.462 e. The van der Waals surface area contributed by atoms with E-state index in [1.807, 2.05) is 6.20 Å². The van der Waals surface area contributed by atoms with Crippen LogP contribution in [-0.4, -0.2) is 53.6 Å². The second-order valence-corrected chi connectivity index (χ2v) is 13.5. The van der Waals surface area contributed by atoms with Gasteiger partial charge in [0.25, 0.3) is 0 Å². The molecule has 0 aromatic rings. The first-order valence-electron chi connectivity index (χ1n) is 13.5. The number of rotatable bonds is 2. The first-order chi connectivity index (χ1) is 16.3. The molecule has 6 rings (SSSR count). The third-order valence-corrected chi connectivity index (χ3v) is 11.9. The van der Waals surface area contributed by atoms with Gasteiger partial charge in [-0.05, 0) is 73.0 Å². The van der Waals surface area contributed by atoms with Crippen LogP contribution in [0, 0.1) is 33.5 Å². The van der Waals surface area contributed by atoms with Crippen molar-refractivity contribution in [2.75, 3.05) is 6.54 Å². The lowest BCUT2D eigenvalue weighted by Crippen LogP contribution is -2.74. The van der Waals surface area contributed by atoms with Crippen LogP contribution in [0.3, 0.4) is 0 Å². The van der Waals surface area contributed by atoms with Gasteiger partial charge >= 0.3 is 11.9 Å². The Morgan fingerprint density at radius 2 is 1.86 bits per heavy atom. The fourth-order valence-electron chi connectivity index (χ4n) is 10.2. The Labute approximate surface area is 208 Å². The number of hydrogen-bond donors (Lipinski definition) is 2. The molecule has 0 amide bonds. The van der Waals surface area contributed by atoms with Crippen LogP contribution in [-0.2, 0) is 23.8 Å². The first-order valence-corrected chi connectivity index (χ1v) is 13.5. The average molecular weight is 488 g/mol. The van der Waals surface area contributed by atoms with Crippen molar-refractivity contribution >= 4 is 11.9 Å². The Balaban J connectivity index is 1.51. The molecule has 7 heteroatoms. The molecule has 10 atom stereocenters. The Hall–Kier alpha value is -1.60. The van der Waals surface area contributed by atoms with Gasteiger partial charge in [-0.15, -0.1) is 0 Å². The molecule has 2 N–H and O–H groups in total. The number of ether oxygens (including phenoxy) is 3. The standard InChI is InChI=1S/C28H41NO6/c1-15(30)33-20-13-18-24(2,3)19(31)8-10-25(18,4)17-7-11-26(5)21(16-9-12-29-14-16)34-23(32)22-28(26,35-22)27(17,20)6/h14,17-22,29,31H,7-13H2,1-6H3/t17?,18?,19-,20-,21+,22?,25-,26+,27+,28?/m1/s1. The molecular weight excluding hydrogens is 446 g/mol. The molecule has 3 saturated carbocycles. The van der Waals surface area contributed by atoms with Crippen molar-refractivity contribution in [1.29, 1.82) is 0 Å². The molecule has 0 bridgehead atoms. The van der Waals surface area contributed by atoms with E-state index in [2.05, 4.69) is 39.9 Å². The topological polar surface area (TPSA) is 97.4 Å². The molecular formula is C28H41NO6.